The number of likely N-dealkylation sites (N-methyl/N-ethyl adjacent to an activating group) is 1. The number of thiophene rings is 1. The van der Waals surface area contributed by atoms with E-state index in [4.69, 9.17) is 0 Å². The fourth-order valence-corrected chi connectivity index (χ4v) is 4.49. The van der Waals surface area contributed by atoms with Gasteiger partial charge in [0.15, 0.2) is 0 Å². The highest BCUT2D eigenvalue weighted by Gasteiger charge is 2.31. The molecule has 0 bridgehead atoms. The third kappa shape index (κ3) is 3.86. The molecule has 1 aliphatic heterocycles. The molecule has 3 amide bonds. The number of benzene rings is 2. The Balaban J connectivity index is 1.74. The van der Waals surface area contributed by atoms with Crippen molar-refractivity contribution in [3.8, 4) is 0 Å². The number of hydrogen-bond acceptors (Lipinski definition) is 4. The average Bonchev–Trinajstić information content (AvgIpc) is 3.11. The number of amides is 3. The summed E-state index contributed by atoms with van der Waals surface area (Å²) in [4.78, 5) is 31.5. The van der Waals surface area contributed by atoms with E-state index in [0.29, 0.717) is 22.0 Å². The summed E-state index contributed by atoms with van der Waals surface area (Å²) >= 11 is 4.68. The van der Waals surface area contributed by atoms with Crippen LogP contribution in [0.2, 0.25) is 0 Å². The second-order valence-corrected chi connectivity index (χ2v) is 8.24. The number of anilines is 2. The van der Waals surface area contributed by atoms with Crippen LogP contribution in [0.5, 0.6) is 0 Å². The largest absolute Gasteiger partial charge is 0.321 e. The zero-order valence-corrected chi connectivity index (χ0v) is 18.1. The van der Waals surface area contributed by atoms with E-state index < -0.39 is 23.9 Å². The van der Waals surface area contributed by atoms with Gasteiger partial charge in [0.05, 0.1) is 15.9 Å². The Hall–Kier alpha value is -3.04. The molecule has 1 aliphatic rings. The van der Waals surface area contributed by atoms with Crippen LogP contribution in [-0.4, -0.2) is 30.9 Å². The SMILES string of the molecule is CN1C(=O)C(NC(=O)Nc2sccc2Br)N=C(c2ccccc2F)c2ccccc21. The molecule has 0 saturated carbocycles. The summed E-state index contributed by atoms with van der Waals surface area (Å²) in [5, 5.41) is 7.70. The first-order valence-corrected chi connectivity index (χ1v) is 10.6. The van der Waals surface area contributed by atoms with Crippen LogP contribution in [0.15, 0.2) is 69.4 Å². The van der Waals surface area contributed by atoms with Crippen LogP contribution in [0.4, 0.5) is 19.9 Å². The summed E-state index contributed by atoms with van der Waals surface area (Å²) in [5.74, 6) is -0.900. The lowest BCUT2D eigenvalue weighted by Gasteiger charge is -2.20. The van der Waals surface area contributed by atoms with E-state index in [1.165, 1.54) is 22.3 Å². The number of benzodiazepines with no additional fused rings is 1. The van der Waals surface area contributed by atoms with Crippen molar-refractivity contribution in [2.75, 3.05) is 17.3 Å². The fraction of sp³-hybridized carbons (Fsp3) is 0.0952. The molecule has 1 unspecified atom stereocenters. The lowest BCUT2D eigenvalue weighted by atomic mass is 10.00. The number of carbonyl (C=O) groups excluding carboxylic acids is 2. The van der Waals surface area contributed by atoms with Crippen LogP contribution >= 0.6 is 27.3 Å². The molecule has 2 heterocycles. The van der Waals surface area contributed by atoms with Gasteiger partial charge in [-0.3, -0.25) is 10.1 Å². The summed E-state index contributed by atoms with van der Waals surface area (Å²) in [6.07, 6.45) is -1.23. The minimum Gasteiger partial charge on any atom is -0.311 e. The Bertz CT molecular complexity index is 1160. The molecule has 0 radical (unpaired) electrons. The van der Waals surface area contributed by atoms with Gasteiger partial charge in [-0.2, -0.15) is 0 Å². The van der Waals surface area contributed by atoms with Crippen LogP contribution in [-0.2, 0) is 4.79 Å². The highest BCUT2D eigenvalue weighted by molar-refractivity contribution is 9.10. The Labute approximate surface area is 184 Å². The van der Waals surface area contributed by atoms with Gasteiger partial charge in [-0.25, -0.2) is 14.2 Å². The van der Waals surface area contributed by atoms with E-state index in [1.807, 2.05) is 5.38 Å². The van der Waals surface area contributed by atoms with E-state index in [0.717, 1.165) is 4.47 Å². The smallest absolute Gasteiger partial charge is 0.311 e. The summed E-state index contributed by atoms with van der Waals surface area (Å²) in [7, 11) is 1.60. The first kappa shape index (κ1) is 20.2. The van der Waals surface area contributed by atoms with Crippen LogP contribution < -0.4 is 15.5 Å². The number of nitrogens with zero attached hydrogens (tertiary/aromatic N) is 2. The van der Waals surface area contributed by atoms with Gasteiger partial charge in [-0.15, -0.1) is 11.3 Å². The van der Waals surface area contributed by atoms with Gasteiger partial charge in [0, 0.05) is 18.2 Å². The van der Waals surface area contributed by atoms with Crippen LogP contribution in [0.3, 0.4) is 0 Å². The first-order valence-electron chi connectivity index (χ1n) is 8.96. The molecule has 0 aliphatic carbocycles. The van der Waals surface area contributed by atoms with Crippen LogP contribution in [0.25, 0.3) is 0 Å². The quantitative estimate of drug-likeness (QED) is 0.567. The molecule has 2 N–H and O–H groups in total. The Morgan fingerprint density at radius 3 is 2.53 bits per heavy atom. The van der Waals surface area contributed by atoms with Gasteiger partial charge in [-0.05, 0) is 45.6 Å². The number of hydrogen-bond donors (Lipinski definition) is 2. The second-order valence-electron chi connectivity index (χ2n) is 6.47. The van der Waals surface area contributed by atoms with Gasteiger partial charge in [-0.1, -0.05) is 30.3 Å². The summed E-state index contributed by atoms with van der Waals surface area (Å²) in [6, 6.07) is 14.5. The molecule has 6 nitrogen and oxygen atoms in total. The molecular weight excluding hydrogens is 471 g/mol. The maximum atomic E-state index is 14.6. The molecule has 152 valence electrons. The molecule has 1 aromatic heterocycles. The van der Waals surface area contributed by atoms with Crippen molar-refractivity contribution in [1.29, 1.82) is 0 Å². The highest BCUT2D eigenvalue weighted by atomic mass is 79.9. The molecule has 4 rings (SSSR count). The van der Waals surface area contributed by atoms with Crippen LogP contribution in [0.1, 0.15) is 11.1 Å². The lowest BCUT2D eigenvalue weighted by molar-refractivity contribution is -0.119. The van der Waals surface area contributed by atoms with Gasteiger partial charge in [0.2, 0.25) is 6.17 Å². The normalized spacial score (nSPS) is 15.8. The predicted molar refractivity (Wildman–Crippen MR) is 120 cm³/mol. The third-order valence-electron chi connectivity index (χ3n) is 4.58. The zero-order chi connectivity index (χ0) is 21.3. The fourth-order valence-electron chi connectivity index (χ4n) is 3.13. The summed E-state index contributed by atoms with van der Waals surface area (Å²) in [6.45, 7) is 0. The van der Waals surface area contributed by atoms with Crippen molar-refractivity contribution in [1.82, 2.24) is 5.32 Å². The Morgan fingerprint density at radius 2 is 1.83 bits per heavy atom. The molecule has 9 heteroatoms. The van der Waals surface area contributed by atoms with Gasteiger partial charge < -0.3 is 10.2 Å². The molecule has 30 heavy (non-hydrogen) atoms. The first-order chi connectivity index (χ1) is 14.5. The van der Waals surface area contributed by atoms with Crippen molar-refractivity contribution in [3.05, 3.63) is 81.4 Å². The number of fused-ring (bicyclic) bond motifs is 1. The standard InChI is InChI=1S/C21H16BrFN4O2S/c1-27-16-9-5-3-7-13(16)17(12-6-2-4-8-15(12)23)24-18(20(27)28)25-21(29)26-19-14(22)10-11-30-19/h2-11,18H,1H3,(H2,25,26,29). The maximum absolute atomic E-state index is 14.6. The number of nitrogens with one attached hydrogen (secondary N) is 2. The Morgan fingerprint density at radius 1 is 1.13 bits per heavy atom. The van der Waals surface area contributed by atoms with Gasteiger partial charge in [0.1, 0.15) is 10.8 Å². The minimum absolute atomic E-state index is 0.251. The molecule has 0 saturated heterocycles. The monoisotopic (exact) mass is 486 g/mol. The number of carbonyl (C=O) groups is 2. The summed E-state index contributed by atoms with van der Waals surface area (Å²) in [5.41, 5.74) is 1.73. The van der Waals surface area contributed by atoms with E-state index in [1.54, 1.807) is 55.6 Å². The van der Waals surface area contributed by atoms with Crippen LogP contribution in [0, 0.1) is 5.82 Å². The number of urea groups is 1. The number of aliphatic imine (C=N–C) groups is 1. The van der Waals surface area contributed by atoms with Crippen molar-refractivity contribution >= 4 is 55.6 Å². The minimum atomic E-state index is -1.23. The maximum Gasteiger partial charge on any atom is 0.321 e. The van der Waals surface area contributed by atoms with Crippen molar-refractivity contribution in [3.63, 3.8) is 0 Å². The zero-order valence-electron chi connectivity index (χ0n) is 15.7. The predicted octanol–water partition coefficient (Wildman–Crippen LogP) is 4.61. The van der Waals surface area contributed by atoms with Gasteiger partial charge in [0.25, 0.3) is 5.91 Å². The number of para-hydroxylation sites is 1. The van der Waals surface area contributed by atoms with Gasteiger partial charge >= 0.3 is 6.03 Å². The number of halogens is 2. The van der Waals surface area contributed by atoms with Crippen molar-refractivity contribution in [2.24, 2.45) is 4.99 Å². The Kier molecular flexibility index (Phi) is 5.65. The average molecular weight is 487 g/mol. The molecular formula is C21H16BrFN4O2S. The van der Waals surface area contributed by atoms with E-state index in [2.05, 4.69) is 31.6 Å². The van der Waals surface area contributed by atoms with E-state index in [-0.39, 0.29) is 5.56 Å². The molecule has 0 spiro atoms. The number of rotatable bonds is 3. The third-order valence-corrected chi connectivity index (χ3v) is 6.34. The molecule has 0 fully saturated rings. The van der Waals surface area contributed by atoms with E-state index in [9.17, 15) is 14.0 Å². The van der Waals surface area contributed by atoms with Crippen molar-refractivity contribution in [2.45, 2.75) is 6.17 Å². The second kappa shape index (κ2) is 8.37. The highest BCUT2D eigenvalue weighted by Crippen LogP contribution is 2.29. The molecule has 1 atom stereocenters. The van der Waals surface area contributed by atoms with E-state index >= 15 is 0 Å². The molecule has 3 aromatic rings. The molecule has 2 aromatic carbocycles. The lowest BCUT2D eigenvalue weighted by Crippen LogP contribution is -2.47. The summed E-state index contributed by atoms with van der Waals surface area (Å²) < 4.78 is 15.3. The van der Waals surface area contributed by atoms with Crippen molar-refractivity contribution < 1.29 is 14.0 Å². The topological polar surface area (TPSA) is 73.8 Å².